The molecule has 0 aliphatic heterocycles. The fourth-order valence-corrected chi connectivity index (χ4v) is 3.57. The highest BCUT2D eigenvalue weighted by molar-refractivity contribution is 5.77. The van der Waals surface area contributed by atoms with Crippen molar-refractivity contribution in [1.29, 1.82) is 0 Å². The molecule has 1 aromatic heterocycles. The minimum atomic E-state index is -0.446. The molecule has 7 heteroatoms. The van der Waals surface area contributed by atoms with E-state index in [1.807, 2.05) is 35.9 Å². The maximum Gasteiger partial charge on any atom is 0.257 e. The summed E-state index contributed by atoms with van der Waals surface area (Å²) in [6.45, 7) is 2.47. The molecule has 26 heavy (non-hydrogen) atoms. The van der Waals surface area contributed by atoms with Crippen LogP contribution in [0.1, 0.15) is 37.1 Å². The number of hydrogen-bond donors (Lipinski definition) is 2. The number of aromatic nitrogens is 3. The maximum atomic E-state index is 12.1. The molecule has 3 rings (SSSR count). The van der Waals surface area contributed by atoms with E-state index in [0.29, 0.717) is 13.0 Å². The zero-order valence-electron chi connectivity index (χ0n) is 15.3. The molecule has 140 valence electrons. The quantitative estimate of drug-likeness (QED) is 0.781. The van der Waals surface area contributed by atoms with Crippen LogP contribution in [-0.4, -0.2) is 45.0 Å². The van der Waals surface area contributed by atoms with Crippen molar-refractivity contribution in [1.82, 2.24) is 20.1 Å². The van der Waals surface area contributed by atoms with Crippen molar-refractivity contribution in [3.63, 3.8) is 0 Å². The monoisotopic (exact) mass is 358 g/mol. The molecular weight excluding hydrogens is 332 g/mol. The zero-order valence-corrected chi connectivity index (χ0v) is 15.3. The molecule has 0 saturated heterocycles. The second-order valence-corrected chi connectivity index (χ2v) is 6.85. The highest BCUT2D eigenvalue weighted by atomic mass is 16.5. The number of nitrogens with one attached hydrogen (secondary N) is 1. The first-order chi connectivity index (χ1) is 12.6. The number of amides is 1. The van der Waals surface area contributed by atoms with Crippen LogP contribution in [0.2, 0.25) is 0 Å². The molecule has 1 aliphatic rings. The van der Waals surface area contributed by atoms with E-state index >= 15 is 0 Å². The van der Waals surface area contributed by atoms with Gasteiger partial charge in [0.25, 0.3) is 5.91 Å². The van der Waals surface area contributed by atoms with Crippen LogP contribution in [0.25, 0.3) is 0 Å². The van der Waals surface area contributed by atoms with E-state index in [1.54, 1.807) is 6.33 Å². The Kier molecular flexibility index (Phi) is 5.88. The topological polar surface area (TPSA) is 89.3 Å². The summed E-state index contributed by atoms with van der Waals surface area (Å²) in [5, 5.41) is 21.2. The number of aryl methyl sites for hydroxylation is 2. The lowest BCUT2D eigenvalue weighted by atomic mass is 10.0. The van der Waals surface area contributed by atoms with Gasteiger partial charge < -0.3 is 19.7 Å². The first-order valence-corrected chi connectivity index (χ1v) is 9.07. The second kappa shape index (κ2) is 8.31. The third-order valence-corrected chi connectivity index (χ3v) is 5.04. The Hall–Kier alpha value is -2.41. The molecule has 3 atom stereocenters. The third-order valence-electron chi connectivity index (χ3n) is 5.04. The molecule has 0 spiro atoms. The third kappa shape index (κ3) is 4.22. The number of carbonyl (C=O) groups is 1. The average molecular weight is 358 g/mol. The van der Waals surface area contributed by atoms with Gasteiger partial charge in [0.05, 0.1) is 6.10 Å². The Morgan fingerprint density at radius 2 is 2.19 bits per heavy atom. The summed E-state index contributed by atoms with van der Waals surface area (Å²) in [5.74, 6) is 1.65. The highest BCUT2D eigenvalue weighted by Crippen LogP contribution is 2.37. The van der Waals surface area contributed by atoms with E-state index in [9.17, 15) is 9.90 Å². The molecule has 2 N–H and O–H groups in total. The summed E-state index contributed by atoms with van der Waals surface area (Å²) < 4.78 is 7.52. The number of carbonyl (C=O) groups excluding carboxylic acids is 1. The van der Waals surface area contributed by atoms with Crippen LogP contribution < -0.4 is 10.1 Å². The minimum Gasteiger partial charge on any atom is -0.483 e. The van der Waals surface area contributed by atoms with Gasteiger partial charge in [-0.15, -0.1) is 10.2 Å². The largest absolute Gasteiger partial charge is 0.483 e. The fourth-order valence-electron chi connectivity index (χ4n) is 3.57. The predicted molar refractivity (Wildman–Crippen MR) is 96.8 cm³/mol. The molecule has 1 heterocycles. The number of hydrogen-bond acceptors (Lipinski definition) is 5. The average Bonchev–Trinajstić information content (AvgIpc) is 3.23. The van der Waals surface area contributed by atoms with Gasteiger partial charge in [0.15, 0.2) is 6.61 Å². The Morgan fingerprint density at radius 3 is 2.92 bits per heavy atom. The lowest BCUT2D eigenvalue weighted by Crippen LogP contribution is -2.35. The van der Waals surface area contributed by atoms with Crippen LogP contribution in [0.3, 0.4) is 0 Å². The van der Waals surface area contributed by atoms with Gasteiger partial charge in [-0.3, -0.25) is 4.79 Å². The Balaban J connectivity index is 1.46. The summed E-state index contributed by atoms with van der Waals surface area (Å²) in [4.78, 5) is 12.1. The summed E-state index contributed by atoms with van der Waals surface area (Å²) in [7, 11) is 1.91. The number of ether oxygens (including phenoxy) is 1. The van der Waals surface area contributed by atoms with Crippen LogP contribution in [0, 0.1) is 5.92 Å². The molecule has 1 amide bonds. The molecule has 0 bridgehead atoms. The lowest BCUT2D eigenvalue weighted by molar-refractivity contribution is -0.123. The number of aliphatic hydroxyl groups is 1. The van der Waals surface area contributed by atoms with Gasteiger partial charge in [0.1, 0.15) is 17.9 Å². The van der Waals surface area contributed by atoms with Gasteiger partial charge in [-0.05, 0) is 30.9 Å². The summed E-state index contributed by atoms with van der Waals surface area (Å²) in [6, 6.07) is 7.72. The van der Waals surface area contributed by atoms with E-state index in [1.165, 1.54) is 0 Å². The van der Waals surface area contributed by atoms with E-state index in [0.717, 1.165) is 30.0 Å². The second-order valence-electron chi connectivity index (χ2n) is 6.85. The molecule has 1 saturated carbocycles. The normalized spacial score (nSPS) is 22.3. The van der Waals surface area contributed by atoms with E-state index in [-0.39, 0.29) is 24.3 Å². The Bertz CT molecular complexity index is 746. The summed E-state index contributed by atoms with van der Waals surface area (Å²) in [5.41, 5.74) is 1.08. The van der Waals surface area contributed by atoms with Gasteiger partial charge in [0, 0.05) is 25.4 Å². The van der Waals surface area contributed by atoms with Gasteiger partial charge in [-0.25, -0.2) is 0 Å². The Morgan fingerprint density at radius 1 is 1.38 bits per heavy atom. The number of benzene rings is 1. The molecule has 2 aromatic rings. The fraction of sp³-hybridized carbons (Fsp3) is 0.526. The SMILES string of the molecule is CCc1ccccc1OCC(=O)NC[C@H]1C[C@H](c2nncn2C)C[C@H]1O. The van der Waals surface area contributed by atoms with Gasteiger partial charge >= 0.3 is 0 Å². The zero-order chi connectivity index (χ0) is 18.5. The van der Waals surface area contributed by atoms with Crippen molar-refractivity contribution < 1.29 is 14.6 Å². The van der Waals surface area contributed by atoms with Crippen molar-refractivity contribution in [3.05, 3.63) is 42.0 Å². The van der Waals surface area contributed by atoms with Crippen LogP contribution in [0.15, 0.2) is 30.6 Å². The van der Waals surface area contributed by atoms with Gasteiger partial charge in [0.2, 0.25) is 0 Å². The molecular formula is C19H26N4O3. The number of para-hydroxylation sites is 1. The van der Waals surface area contributed by atoms with E-state index in [2.05, 4.69) is 22.4 Å². The molecule has 7 nitrogen and oxygen atoms in total. The van der Waals surface area contributed by atoms with E-state index < -0.39 is 6.10 Å². The number of aliphatic hydroxyl groups excluding tert-OH is 1. The predicted octanol–water partition coefficient (Wildman–Crippen LogP) is 1.43. The molecule has 1 aromatic carbocycles. The van der Waals surface area contributed by atoms with Crippen molar-refractivity contribution in [2.75, 3.05) is 13.2 Å². The van der Waals surface area contributed by atoms with Crippen molar-refractivity contribution in [2.45, 2.75) is 38.2 Å². The van der Waals surface area contributed by atoms with Gasteiger partial charge in [-0.1, -0.05) is 25.1 Å². The number of rotatable bonds is 7. The van der Waals surface area contributed by atoms with Crippen LogP contribution >= 0.6 is 0 Å². The molecule has 1 aliphatic carbocycles. The Labute approximate surface area is 153 Å². The lowest BCUT2D eigenvalue weighted by Gasteiger charge is -2.15. The standard InChI is InChI=1S/C19H26N4O3/c1-3-13-6-4-5-7-17(13)26-11-18(25)20-10-15-8-14(9-16(15)24)19-22-21-12-23(19)2/h4-7,12,14-16,24H,3,8-11H2,1-2H3,(H,20,25)/t14-,15+,16+/m0/s1. The first kappa shape index (κ1) is 18.4. The van der Waals surface area contributed by atoms with Crippen LogP contribution in [0.5, 0.6) is 5.75 Å². The summed E-state index contributed by atoms with van der Waals surface area (Å²) in [6.07, 6.45) is 3.51. The molecule has 0 unspecified atom stereocenters. The summed E-state index contributed by atoms with van der Waals surface area (Å²) >= 11 is 0. The first-order valence-electron chi connectivity index (χ1n) is 9.07. The van der Waals surface area contributed by atoms with Crippen molar-refractivity contribution >= 4 is 5.91 Å². The van der Waals surface area contributed by atoms with Crippen LogP contribution in [0.4, 0.5) is 0 Å². The maximum absolute atomic E-state index is 12.1. The molecule has 1 fully saturated rings. The minimum absolute atomic E-state index is 0.0172. The highest BCUT2D eigenvalue weighted by Gasteiger charge is 2.35. The van der Waals surface area contributed by atoms with Crippen molar-refractivity contribution in [2.24, 2.45) is 13.0 Å². The van der Waals surface area contributed by atoms with Gasteiger partial charge in [-0.2, -0.15) is 0 Å². The van der Waals surface area contributed by atoms with Crippen LogP contribution in [-0.2, 0) is 18.3 Å². The number of nitrogens with zero attached hydrogens (tertiary/aromatic N) is 3. The smallest absolute Gasteiger partial charge is 0.257 e. The van der Waals surface area contributed by atoms with Crippen molar-refractivity contribution in [3.8, 4) is 5.75 Å². The molecule has 0 radical (unpaired) electrons. The van der Waals surface area contributed by atoms with E-state index in [4.69, 9.17) is 4.74 Å².